The molecule has 0 bridgehead atoms. The minimum Gasteiger partial charge on any atom is -0.329 e. The summed E-state index contributed by atoms with van der Waals surface area (Å²) in [5.74, 6) is 0.877. The fourth-order valence-electron chi connectivity index (χ4n) is 4.85. The van der Waals surface area contributed by atoms with Crippen molar-refractivity contribution in [3.63, 3.8) is 0 Å². The van der Waals surface area contributed by atoms with E-state index < -0.39 is 0 Å². The minimum atomic E-state index is 0.269. The van der Waals surface area contributed by atoms with E-state index in [1.54, 1.807) is 0 Å². The number of piperidine rings is 1. The molecule has 0 amide bonds. The summed E-state index contributed by atoms with van der Waals surface area (Å²) < 4.78 is 0. The molecule has 122 valence electrons. The zero-order valence-electron chi connectivity index (χ0n) is 14.6. The first-order valence-electron chi connectivity index (χ1n) is 9.06. The molecule has 21 heavy (non-hydrogen) atoms. The normalized spacial score (nSPS) is 37.3. The van der Waals surface area contributed by atoms with Crippen LogP contribution < -0.4 is 5.73 Å². The molecule has 3 heteroatoms. The summed E-state index contributed by atoms with van der Waals surface area (Å²) >= 11 is 0. The Morgan fingerprint density at radius 3 is 2.19 bits per heavy atom. The van der Waals surface area contributed by atoms with Crippen LogP contribution in [0.15, 0.2) is 0 Å². The van der Waals surface area contributed by atoms with Crippen molar-refractivity contribution in [2.45, 2.75) is 77.4 Å². The molecule has 0 spiro atoms. The van der Waals surface area contributed by atoms with Crippen LogP contribution in [0, 0.1) is 11.3 Å². The number of nitrogens with zero attached hydrogens (tertiary/aromatic N) is 2. The molecule has 0 aromatic carbocycles. The Balaban J connectivity index is 1.65. The van der Waals surface area contributed by atoms with E-state index in [4.69, 9.17) is 5.73 Å². The van der Waals surface area contributed by atoms with Crippen LogP contribution in [-0.4, -0.2) is 53.6 Å². The predicted octanol–water partition coefficient (Wildman–Crippen LogP) is 2.70. The Morgan fingerprint density at radius 2 is 1.71 bits per heavy atom. The van der Waals surface area contributed by atoms with Crippen molar-refractivity contribution in [1.29, 1.82) is 0 Å². The van der Waals surface area contributed by atoms with Crippen LogP contribution in [0.5, 0.6) is 0 Å². The summed E-state index contributed by atoms with van der Waals surface area (Å²) in [5.41, 5.74) is 7.03. The molecule has 2 unspecified atom stereocenters. The van der Waals surface area contributed by atoms with E-state index >= 15 is 0 Å². The highest BCUT2D eigenvalue weighted by atomic mass is 15.3. The monoisotopic (exact) mass is 293 g/mol. The first-order chi connectivity index (χ1) is 9.86. The van der Waals surface area contributed by atoms with Crippen LogP contribution in [-0.2, 0) is 0 Å². The smallest absolute Gasteiger partial charge is 0.0473 e. The Labute approximate surface area is 131 Å². The SMILES string of the molecule is CC1CC(CN)(N2CCC(C(C)(C)C)CC2)CN1C1CC1. The minimum absolute atomic E-state index is 0.269. The van der Waals surface area contributed by atoms with Crippen LogP contribution >= 0.6 is 0 Å². The molecular formula is C18H35N3. The summed E-state index contributed by atoms with van der Waals surface area (Å²) in [7, 11) is 0. The van der Waals surface area contributed by atoms with E-state index in [0.717, 1.165) is 24.5 Å². The van der Waals surface area contributed by atoms with Gasteiger partial charge in [0.05, 0.1) is 0 Å². The Hall–Kier alpha value is -0.120. The van der Waals surface area contributed by atoms with Gasteiger partial charge in [0.15, 0.2) is 0 Å². The van der Waals surface area contributed by atoms with Crippen molar-refractivity contribution >= 4 is 0 Å². The predicted molar refractivity (Wildman–Crippen MR) is 89.3 cm³/mol. The summed E-state index contributed by atoms with van der Waals surface area (Å²) in [6.45, 7) is 14.2. The van der Waals surface area contributed by atoms with Gasteiger partial charge in [0.1, 0.15) is 0 Å². The second-order valence-corrected chi connectivity index (χ2v) is 9.01. The van der Waals surface area contributed by atoms with Gasteiger partial charge in [-0.15, -0.1) is 0 Å². The van der Waals surface area contributed by atoms with Crippen LogP contribution in [0.25, 0.3) is 0 Å². The van der Waals surface area contributed by atoms with Crippen LogP contribution in [0.4, 0.5) is 0 Å². The summed E-state index contributed by atoms with van der Waals surface area (Å²) in [4.78, 5) is 5.51. The number of rotatable bonds is 3. The van der Waals surface area contributed by atoms with Crippen molar-refractivity contribution < 1.29 is 0 Å². The van der Waals surface area contributed by atoms with Gasteiger partial charge in [-0.2, -0.15) is 0 Å². The van der Waals surface area contributed by atoms with Gasteiger partial charge < -0.3 is 5.73 Å². The molecule has 2 N–H and O–H groups in total. The molecule has 2 saturated heterocycles. The third kappa shape index (κ3) is 3.02. The quantitative estimate of drug-likeness (QED) is 0.868. The largest absolute Gasteiger partial charge is 0.329 e. The molecule has 2 atom stereocenters. The number of likely N-dealkylation sites (tertiary alicyclic amines) is 2. The maximum absolute atomic E-state index is 6.30. The number of nitrogens with two attached hydrogens (primary N) is 1. The molecule has 3 fully saturated rings. The van der Waals surface area contributed by atoms with Crippen LogP contribution in [0.3, 0.4) is 0 Å². The van der Waals surface area contributed by atoms with E-state index in [1.165, 1.54) is 51.7 Å². The van der Waals surface area contributed by atoms with Gasteiger partial charge in [-0.05, 0) is 63.5 Å². The molecular weight excluding hydrogens is 258 g/mol. The first-order valence-corrected chi connectivity index (χ1v) is 9.06. The molecule has 3 nitrogen and oxygen atoms in total. The van der Waals surface area contributed by atoms with Crippen molar-refractivity contribution in [2.75, 3.05) is 26.2 Å². The van der Waals surface area contributed by atoms with Crippen LogP contribution in [0.2, 0.25) is 0 Å². The number of hydrogen-bond donors (Lipinski definition) is 1. The molecule has 3 rings (SSSR count). The van der Waals surface area contributed by atoms with Crippen molar-refractivity contribution in [2.24, 2.45) is 17.1 Å². The lowest BCUT2D eigenvalue weighted by Crippen LogP contribution is -2.58. The van der Waals surface area contributed by atoms with E-state index in [-0.39, 0.29) is 5.54 Å². The van der Waals surface area contributed by atoms with E-state index in [9.17, 15) is 0 Å². The zero-order chi connectivity index (χ0) is 15.3. The second kappa shape index (κ2) is 5.50. The summed E-state index contributed by atoms with van der Waals surface area (Å²) in [6, 6.07) is 1.60. The van der Waals surface area contributed by atoms with E-state index in [2.05, 4.69) is 37.5 Å². The average molecular weight is 293 g/mol. The van der Waals surface area contributed by atoms with Gasteiger partial charge in [-0.3, -0.25) is 9.80 Å². The molecule has 2 heterocycles. The summed E-state index contributed by atoms with van der Waals surface area (Å²) in [6.07, 6.45) is 6.81. The molecule has 1 saturated carbocycles. The van der Waals surface area contributed by atoms with Gasteiger partial charge in [0, 0.05) is 30.7 Å². The average Bonchev–Trinajstić information content (AvgIpc) is 3.22. The maximum Gasteiger partial charge on any atom is 0.0473 e. The molecule has 0 radical (unpaired) electrons. The van der Waals surface area contributed by atoms with Gasteiger partial charge in [0.2, 0.25) is 0 Å². The standard InChI is InChI=1S/C18H35N3/c1-14-11-18(12-19,13-21(14)16-5-6-16)20-9-7-15(8-10-20)17(2,3)4/h14-16H,5-13,19H2,1-4H3. The lowest BCUT2D eigenvalue weighted by Gasteiger charge is -2.47. The molecule has 3 aliphatic rings. The highest BCUT2D eigenvalue weighted by Crippen LogP contribution is 2.42. The molecule has 2 aliphatic heterocycles. The molecule has 1 aliphatic carbocycles. The molecule has 0 aromatic heterocycles. The second-order valence-electron chi connectivity index (χ2n) is 9.01. The van der Waals surface area contributed by atoms with Crippen LogP contribution in [0.1, 0.15) is 59.8 Å². The topological polar surface area (TPSA) is 32.5 Å². The van der Waals surface area contributed by atoms with Gasteiger partial charge in [0.25, 0.3) is 0 Å². The highest BCUT2D eigenvalue weighted by Gasteiger charge is 2.50. The number of hydrogen-bond acceptors (Lipinski definition) is 3. The maximum atomic E-state index is 6.30. The van der Waals surface area contributed by atoms with Gasteiger partial charge in [-0.1, -0.05) is 20.8 Å². The van der Waals surface area contributed by atoms with Crippen molar-refractivity contribution in [3.8, 4) is 0 Å². The molecule has 0 aromatic rings. The lowest BCUT2D eigenvalue weighted by molar-refractivity contribution is 0.0334. The highest BCUT2D eigenvalue weighted by molar-refractivity contribution is 5.07. The summed E-state index contributed by atoms with van der Waals surface area (Å²) in [5, 5.41) is 0. The Kier molecular flexibility index (Phi) is 4.13. The fourth-order valence-corrected chi connectivity index (χ4v) is 4.85. The van der Waals surface area contributed by atoms with Crippen molar-refractivity contribution in [1.82, 2.24) is 9.80 Å². The fraction of sp³-hybridized carbons (Fsp3) is 1.00. The zero-order valence-corrected chi connectivity index (χ0v) is 14.6. The third-order valence-electron chi connectivity index (χ3n) is 6.50. The van der Waals surface area contributed by atoms with Crippen molar-refractivity contribution in [3.05, 3.63) is 0 Å². The Morgan fingerprint density at radius 1 is 1.10 bits per heavy atom. The Bertz CT molecular complexity index is 363. The first kappa shape index (κ1) is 15.8. The third-order valence-corrected chi connectivity index (χ3v) is 6.50. The van der Waals surface area contributed by atoms with Gasteiger partial charge in [-0.25, -0.2) is 0 Å². The van der Waals surface area contributed by atoms with E-state index in [0.29, 0.717) is 5.41 Å². The lowest BCUT2D eigenvalue weighted by atomic mass is 9.74. The van der Waals surface area contributed by atoms with Gasteiger partial charge >= 0.3 is 0 Å². The van der Waals surface area contributed by atoms with E-state index in [1.807, 2.05) is 0 Å².